The highest BCUT2D eigenvalue weighted by atomic mass is 16.3. The molecular weight excluding hydrogens is 168 g/mol. The number of nitrogens with zero attached hydrogens (tertiary/aromatic N) is 1. The second kappa shape index (κ2) is 3.22. The van der Waals surface area contributed by atoms with Gasteiger partial charge in [-0.15, -0.1) is 0 Å². The SMILES string of the molecule is N[C@@H]1CCN(C(=O)c2ccco2)C1. The van der Waals surface area contributed by atoms with Gasteiger partial charge in [0.1, 0.15) is 0 Å². The van der Waals surface area contributed by atoms with Crippen LogP contribution in [0.4, 0.5) is 0 Å². The Balaban J connectivity index is 2.06. The molecule has 0 aliphatic carbocycles. The van der Waals surface area contributed by atoms with Crippen LogP contribution in [0.15, 0.2) is 22.8 Å². The van der Waals surface area contributed by atoms with E-state index in [-0.39, 0.29) is 11.9 Å². The van der Waals surface area contributed by atoms with Crippen LogP contribution in [0.2, 0.25) is 0 Å². The first kappa shape index (κ1) is 8.31. The molecule has 1 fully saturated rings. The van der Waals surface area contributed by atoms with Gasteiger partial charge >= 0.3 is 0 Å². The van der Waals surface area contributed by atoms with Gasteiger partial charge < -0.3 is 15.1 Å². The number of furan rings is 1. The molecule has 4 heteroatoms. The molecule has 1 aromatic heterocycles. The quantitative estimate of drug-likeness (QED) is 0.682. The lowest BCUT2D eigenvalue weighted by Gasteiger charge is -2.13. The van der Waals surface area contributed by atoms with E-state index in [2.05, 4.69) is 0 Å². The lowest BCUT2D eigenvalue weighted by Crippen LogP contribution is -2.31. The molecule has 4 nitrogen and oxygen atoms in total. The van der Waals surface area contributed by atoms with Crippen molar-refractivity contribution in [1.29, 1.82) is 0 Å². The van der Waals surface area contributed by atoms with E-state index >= 15 is 0 Å². The summed E-state index contributed by atoms with van der Waals surface area (Å²) in [6.07, 6.45) is 2.38. The molecule has 2 rings (SSSR count). The van der Waals surface area contributed by atoms with Gasteiger partial charge in [0.05, 0.1) is 6.26 Å². The van der Waals surface area contributed by atoms with Gasteiger partial charge in [0.15, 0.2) is 5.76 Å². The van der Waals surface area contributed by atoms with E-state index in [9.17, 15) is 4.79 Å². The number of amides is 1. The number of hydrogen-bond donors (Lipinski definition) is 1. The first-order valence-electron chi connectivity index (χ1n) is 4.36. The molecule has 0 unspecified atom stereocenters. The largest absolute Gasteiger partial charge is 0.459 e. The first-order valence-corrected chi connectivity index (χ1v) is 4.36. The zero-order chi connectivity index (χ0) is 9.26. The average molecular weight is 180 g/mol. The number of carbonyl (C=O) groups excluding carboxylic acids is 1. The van der Waals surface area contributed by atoms with Crippen molar-refractivity contribution in [1.82, 2.24) is 4.90 Å². The maximum Gasteiger partial charge on any atom is 0.289 e. The molecular formula is C9H12N2O2. The van der Waals surface area contributed by atoms with Gasteiger partial charge in [-0.3, -0.25) is 4.79 Å². The standard InChI is InChI=1S/C9H12N2O2/c10-7-3-4-11(6-7)9(12)8-2-1-5-13-8/h1-2,5,7H,3-4,6,10H2/t7-/m1/s1. The Bertz CT molecular complexity index is 295. The van der Waals surface area contributed by atoms with Gasteiger partial charge in [0.25, 0.3) is 5.91 Å². The Kier molecular flexibility index (Phi) is 2.06. The van der Waals surface area contributed by atoms with Crippen LogP contribution in [0.3, 0.4) is 0 Å². The van der Waals surface area contributed by atoms with Gasteiger partial charge in [-0.05, 0) is 18.6 Å². The highest BCUT2D eigenvalue weighted by molar-refractivity contribution is 5.91. The zero-order valence-electron chi connectivity index (χ0n) is 7.27. The average Bonchev–Trinajstić information content (AvgIpc) is 2.72. The third-order valence-corrected chi connectivity index (χ3v) is 2.24. The minimum atomic E-state index is -0.0575. The third-order valence-electron chi connectivity index (χ3n) is 2.24. The van der Waals surface area contributed by atoms with E-state index in [1.165, 1.54) is 6.26 Å². The second-order valence-corrected chi connectivity index (χ2v) is 3.28. The molecule has 1 amide bonds. The van der Waals surface area contributed by atoms with Crippen molar-refractivity contribution in [3.05, 3.63) is 24.2 Å². The molecule has 2 heterocycles. The Hall–Kier alpha value is -1.29. The fourth-order valence-electron chi connectivity index (χ4n) is 1.53. The maximum atomic E-state index is 11.6. The van der Waals surface area contributed by atoms with Gasteiger partial charge in [-0.1, -0.05) is 0 Å². The van der Waals surface area contributed by atoms with Gasteiger partial charge in [0.2, 0.25) is 0 Å². The lowest BCUT2D eigenvalue weighted by molar-refractivity contribution is 0.0759. The van der Waals surface area contributed by atoms with Crippen molar-refractivity contribution < 1.29 is 9.21 Å². The van der Waals surface area contributed by atoms with E-state index in [4.69, 9.17) is 10.2 Å². The molecule has 70 valence electrons. The molecule has 2 N–H and O–H groups in total. The summed E-state index contributed by atoms with van der Waals surface area (Å²) in [7, 11) is 0. The topological polar surface area (TPSA) is 59.5 Å². The lowest BCUT2D eigenvalue weighted by atomic mass is 10.3. The Labute approximate surface area is 76.3 Å². The normalized spacial score (nSPS) is 22.2. The number of carbonyl (C=O) groups is 1. The van der Waals surface area contributed by atoms with Crippen LogP contribution in [0.5, 0.6) is 0 Å². The summed E-state index contributed by atoms with van der Waals surface area (Å²) in [6.45, 7) is 1.38. The van der Waals surface area contributed by atoms with E-state index in [1.807, 2.05) is 0 Å². The highest BCUT2D eigenvalue weighted by Gasteiger charge is 2.25. The Morgan fingerprint density at radius 1 is 1.69 bits per heavy atom. The number of hydrogen-bond acceptors (Lipinski definition) is 3. The summed E-state index contributed by atoms with van der Waals surface area (Å²) in [5, 5.41) is 0. The second-order valence-electron chi connectivity index (χ2n) is 3.28. The summed E-state index contributed by atoms with van der Waals surface area (Å²) in [6, 6.07) is 3.51. The van der Waals surface area contributed by atoms with Crippen LogP contribution in [0.1, 0.15) is 17.0 Å². The summed E-state index contributed by atoms with van der Waals surface area (Å²) in [5.41, 5.74) is 5.69. The summed E-state index contributed by atoms with van der Waals surface area (Å²) >= 11 is 0. The molecule has 1 atom stereocenters. The highest BCUT2D eigenvalue weighted by Crippen LogP contribution is 2.12. The van der Waals surface area contributed by atoms with E-state index in [0.29, 0.717) is 12.3 Å². The van der Waals surface area contributed by atoms with E-state index in [0.717, 1.165) is 13.0 Å². The zero-order valence-corrected chi connectivity index (χ0v) is 7.27. The van der Waals surface area contributed by atoms with Gasteiger partial charge in [0, 0.05) is 19.1 Å². The van der Waals surface area contributed by atoms with Gasteiger partial charge in [-0.2, -0.15) is 0 Å². The van der Waals surface area contributed by atoms with Crippen LogP contribution >= 0.6 is 0 Å². The molecule has 0 spiro atoms. The van der Waals surface area contributed by atoms with Crippen LogP contribution in [0, 0.1) is 0 Å². The van der Waals surface area contributed by atoms with Gasteiger partial charge in [-0.25, -0.2) is 0 Å². The molecule has 0 radical (unpaired) electrons. The monoisotopic (exact) mass is 180 g/mol. The van der Waals surface area contributed by atoms with Crippen molar-refractivity contribution in [3.8, 4) is 0 Å². The smallest absolute Gasteiger partial charge is 0.289 e. The molecule has 1 saturated heterocycles. The predicted octanol–water partition coefficient (Wildman–Crippen LogP) is 0.453. The molecule has 0 bridgehead atoms. The molecule has 1 aromatic rings. The first-order chi connectivity index (χ1) is 6.27. The molecule has 0 aromatic carbocycles. The predicted molar refractivity (Wildman–Crippen MR) is 47.2 cm³/mol. The third kappa shape index (κ3) is 1.58. The molecule has 1 aliphatic rings. The van der Waals surface area contributed by atoms with Crippen molar-refractivity contribution in [2.45, 2.75) is 12.5 Å². The van der Waals surface area contributed by atoms with Crippen molar-refractivity contribution >= 4 is 5.91 Å². The minimum Gasteiger partial charge on any atom is -0.459 e. The summed E-state index contributed by atoms with van der Waals surface area (Å²) in [5.74, 6) is 0.340. The Morgan fingerprint density at radius 2 is 2.54 bits per heavy atom. The summed E-state index contributed by atoms with van der Waals surface area (Å²) in [4.78, 5) is 13.4. The number of rotatable bonds is 1. The summed E-state index contributed by atoms with van der Waals surface area (Å²) < 4.78 is 5.01. The van der Waals surface area contributed by atoms with E-state index < -0.39 is 0 Å². The van der Waals surface area contributed by atoms with Crippen molar-refractivity contribution in [2.75, 3.05) is 13.1 Å². The number of nitrogens with two attached hydrogens (primary N) is 1. The number of likely N-dealkylation sites (tertiary alicyclic amines) is 1. The van der Waals surface area contributed by atoms with Crippen molar-refractivity contribution in [3.63, 3.8) is 0 Å². The fourth-order valence-corrected chi connectivity index (χ4v) is 1.53. The fraction of sp³-hybridized carbons (Fsp3) is 0.444. The van der Waals surface area contributed by atoms with Crippen LogP contribution in [-0.4, -0.2) is 29.9 Å². The van der Waals surface area contributed by atoms with Crippen molar-refractivity contribution in [2.24, 2.45) is 5.73 Å². The molecule has 0 saturated carbocycles. The maximum absolute atomic E-state index is 11.6. The Morgan fingerprint density at radius 3 is 3.08 bits per heavy atom. The molecule has 1 aliphatic heterocycles. The van der Waals surface area contributed by atoms with Crippen LogP contribution in [0.25, 0.3) is 0 Å². The van der Waals surface area contributed by atoms with Crippen LogP contribution < -0.4 is 5.73 Å². The molecule has 13 heavy (non-hydrogen) atoms. The van der Waals surface area contributed by atoms with E-state index in [1.54, 1.807) is 17.0 Å². The van der Waals surface area contributed by atoms with Crippen LogP contribution in [-0.2, 0) is 0 Å². The minimum absolute atomic E-state index is 0.0575.